The van der Waals surface area contributed by atoms with Gasteiger partial charge in [0.1, 0.15) is 5.75 Å². The minimum Gasteiger partial charge on any atom is -0.492 e. The summed E-state index contributed by atoms with van der Waals surface area (Å²) < 4.78 is 5.53. The first-order valence-electron chi connectivity index (χ1n) is 6.16. The fourth-order valence-corrected chi connectivity index (χ4v) is 2.22. The summed E-state index contributed by atoms with van der Waals surface area (Å²) in [4.78, 5) is 24.2. The van der Waals surface area contributed by atoms with Crippen molar-refractivity contribution in [1.82, 2.24) is 0 Å². The molecule has 3 rings (SSSR count). The Kier molecular flexibility index (Phi) is 2.88. The molecule has 1 aliphatic heterocycles. The number of Topliss-reactive ketones (excluding diaryl/α,β-unsaturated/α-hetero) is 1. The molecular formula is C16H12O3. The number of hydrogen-bond acceptors (Lipinski definition) is 3. The van der Waals surface area contributed by atoms with E-state index in [1.54, 1.807) is 30.3 Å². The maximum Gasteiger partial charge on any atom is 0.196 e. The van der Waals surface area contributed by atoms with Gasteiger partial charge in [0.05, 0.1) is 17.7 Å². The van der Waals surface area contributed by atoms with Gasteiger partial charge in [0.2, 0.25) is 0 Å². The Labute approximate surface area is 110 Å². The first-order chi connectivity index (χ1) is 9.27. The van der Waals surface area contributed by atoms with Gasteiger partial charge in [-0.1, -0.05) is 36.4 Å². The van der Waals surface area contributed by atoms with Crippen LogP contribution in [0.2, 0.25) is 0 Å². The minimum atomic E-state index is -0.118. The van der Waals surface area contributed by atoms with E-state index in [9.17, 15) is 9.59 Å². The van der Waals surface area contributed by atoms with Crippen LogP contribution >= 0.6 is 0 Å². The van der Waals surface area contributed by atoms with Gasteiger partial charge in [-0.25, -0.2) is 0 Å². The average molecular weight is 252 g/mol. The molecular weight excluding hydrogens is 240 g/mol. The van der Waals surface area contributed by atoms with E-state index >= 15 is 0 Å². The molecule has 0 bridgehead atoms. The van der Waals surface area contributed by atoms with Gasteiger partial charge >= 0.3 is 0 Å². The van der Waals surface area contributed by atoms with Crippen molar-refractivity contribution in [2.75, 3.05) is 6.61 Å². The molecule has 0 aromatic heterocycles. The zero-order chi connectivity index (χ0) is 13.2. The molecule has 0 saturated carbocycles. The van der Waals surface area contributed by atoms with Crippen molar-refractivity contribution < 1.29 is 14.3 Å². The summed E-state index contributed by atoms with van der Waals surface area (Å²) in [6, 6.07) is 14.1. The van der Waals surface area contributed by atoms with Crippen molar-refractivity contribution in [3.8, 4) is 5.75 Å². The van der Waals surface area contributed by atoms with E-state index in [0.29, 0.717) is 35.5 Å². The molecule has 3 heteroatoms. The summed E-state index contributed by atoms with van der Waals surface area (Å²) in [5.41, 5.74) is 1.56. The standard InChI is InChI=1S/C16H12O3/c17-14-9-10-19-16-12(14)7-4-8-13(16)15(18)11-5-2-1-3-6-11/h1-8H,9-10H2. The molecule has 0 radical (unpaired) electrons. The van der Waals surface area contributed by atoms with E-state index in [1.807, 2.05) is 18.2 Å². The molecule has 0 atom stereocenters. The molecule has 0 N–H and O–H groups in total. The van der Waals surface area contributed by atoms with Crippen LogP contribution in [0.5, 0.6) is 5.75 Å². The summed E-state index contributed by atoms with van der Waals surface area (Å²) in [6.07, 6.45) is 0.371. The Morgan fingerprint density at radius 2 is 1.79 bits per heavy atom. The third-order valence-corrected chi connectivity index (χ3v) is 3.17. The number of ether oxygens (including phenoxy) is 1. The van der Waals surface area contributed by atoms with Gasteiger partial charge in [0.25, 0.3) is 0 Å². The number of ketones is 2. The molecule has 0 amide bonds. The van der Waals surface area contributed by atoms with E-state index in [4.69, 9.17) is 4.74 Å². The third-order valence-electron chi connectivity index (χ3n) is 3.17. The smallest absolute Gasteiger partial charge is 0.196 e. The van der Waals surface area contributed by atoms with Crippen molar-refractivity contribution in [2.24, 2.45) is 0 Å². The van der Waals surface area contributed by atoms with Crippen molar-refractivity contribution >= 4 is 11.6 Å². The Bertz CT molecular complexity index is 644. The fraction of sp³-hybridized carbons (Fsp3) is 0.125. The predicted octanol–water partition coefficient (Wildman–Crippen LogP) is 2.88. The van der Waals surface area contributed by atoms with Crippen LogP contribution in [0, 0.1) is 0 Å². The van der Waals surface area contributed by atoms with Crippen LogP contribution in [0.3, 0.4) is 0 Å². The molecule has 0 fully saturated rings. The number of carbonyl (C=O) groups is 2. The fourth-order valence-electron chi connectivity index (χ4n) is 2.22. The van der Waals surface area contributed by atoms with E-state index in [-0.39, 0.29) is 11.6 Å². The topological polar surface area (TPSA) is 43.4 Å². The number of hydrogen-bond donors (Lipinski definition) is 0. The normalized spacial score (nSPS) is 13.6. The van der Waals surface area contributed by atoms with Gasteiger partial charge in [-0.05, 0) is 12.1 Å². The zero-order valence-electron chi connectivity index (χ0n) is 10.3. The molecule has 0 spiro atoms. The summed E-state index contributed by atoms with van der Waals surface area (Å²) in [5, 5.41) is 0. The maximum absolute atomic E-state index is 12.4. The lowest BCUT2D eigenvalue weighted by atomic mass is 9.96. The number of para-hydroxylation sites is 1. The summed E-state index contributed by atoms with van der Waals surface area (Å²) in [7, 11) is 0. The molecule has 1 heterocycles. The van der Waals surface area contributed by atoms with Gasteiger partial charge in [-0.3, -0.25) is 9.59 Å². The lowest BCUT2D eigenvalue weighted by Gasteiger charge is -2.18. The highest BCUT2D eigenvalue weighted by molar-refractivity contribution is 6.13. The van der Waals surface area contributed by atoms with Gasteiger partial charge in [-0.2, -0.15) is 0 Å². The van der Waals surface area contributed by atoms with Gasteiger partial charge < -0.3 is 4.74 Å². The minimum absolute atomic E-state index is 0.0314. The molecule has 3 nitrogen and oxygen atoms in total. The maximum atomic E-state index is 12.4. The Hall–Kier alpha value is -2.42. The van der Waals surface area contributed by atoms with E-state index in [0.717, 1.165) is 0 Å². The van der Waals surface area contributed by atoms with E-state index < -0.39 is 0 Å². The van der Waals surface area contributed by atoms with E-state index in [2.05, 4.69) is 0 Å². The lowest BCUT2D eigenvalue weighted by molar-refractivity contribution is 0.0931. The van der Waals surface area contributed by atoms with Crippen LogP contribution in [-0.4, -0.2) is 18.2 Å². The highest BCUT2D eigenvalue weighted by Gasteiger charge is 2.24. The lowest BCUT2D eigenvalue weighted by Crippen LogP contribution is -2.18. The van der Waals surface area contributed by atoms with Crippen molar-refractivity contribution in [3.05, 3.63) is 65.2 Å². The van der Waals surface area contributed by atoms with Gasteiger partial charge in [-0.15, -0.1) is 0 Å². The number of fused-ring (bicyclic) bond motifs is 1. The second-order valence-electron chi connectivity index (χ2n) is 4.40. The summed E-state index contributed by atoms with van der Waals surface area (Å²) in [6.45, 7) is 0.338. The molecule has 2 aromatic rings. The van der Waals surface area contributed by atoms with Crippen molar-refractivity contribution in [3.63, 3.8) is 0 Å². The second kappa shape index (κ2) is 4.69. The average Bonchev–Trinajstić information content (AvgIpc) is 2.47. The highest BCUT2D eigenvalue weighted by atomic mass is 16.5. The molecule has 19 heavy (non-hydrogen) atoms. The largest absolute Gasteiger partial charge is 0.492 e. The first kappa shape index (κ1) is 11.7. The quantitative estimate of drug-likeness (QED) is 0.772. The SMILES string of the molecule is O=C1CCOc2c1cccc2C(=O)c1ccccc1. The monoisotopic (exact) mass is 252 g/mol. The summed E-state index contributed by atoms with van der Waals surface area (Å²) >= 11 is 0. The Balaban J connectivity index is 2.09. The highest BCUT2D eigenvalue weighted by Crippen LogP contribution is 2.30. The van der Waals surface area contributed by atoms with Gasteiger partial charge in [0, 0.05) is 12.0 Å². The second-order valence-corrected chi connectivity index (χ2v) is 4.40. The molecule has 0 unspecified atom stereocenters. The van der Waals surface area contributed by atoms with Crippen LogP contribution in [0.15, 0.2) is 48.5 Å². The Morgan fingerprint density at radius 1 is 1.00 bits per heavy atom. The first-order valence-corrected chi connectivity index (χ1v) is 6.16. The molecule has 2 aromatic carbocycles. The summed E-state index contributed by atoms with van der Waals surface area (Å²) in [5.74, 6) is 0.337. The van der Waals surface area contributed by atoms with Crippen molar-refractivity contribution in [2.45, 2.75) is 6.42 Å². The van der Waals surface area contributed by atoms with E-state index in [1.165, 1.54) is 0 Å². The van der Waals surface area contributed by atoms with Crippen molar-refractivity contribution in [1.29, 1.82) is 0 Å². The van der Waals surface area contributed by atoms with Crippen LogP contribution < -0.4 is 4.74 Å². The molecule has 1 aliphatic rings. The van der Waals surface area contributed by atoms with Crippen LogP contribution in [0.25, 0.3) is 0 Å². The van der Waals surface area contributed by atoms with Gasteiger partial charge in [0.15, 0.2) is 11.6 Å². The predicted molar refractivity (Wildman–Crippen MR) is 70.8 cm³/mol. The Morgan fingerprint density at radius 3 is 2.58 bits per heavy atom. The number of carbonyl (C=O) groups excluding carboxylic acids is 2. The van der Waals surface area contributed by atoms with Crippen LogP contribution in [0.4, 0.5) is 0 Å². The molecule has 0 saturated heterocycles. The zero-order valence-corrected chi connectivity index (χ0v) is 10.3. The third kappa shape index (κ3) is 2.03. The molecule has 0 aliphatic carbocycles. The number of benzene rings is 2. The van der Waals surface area contributed by atoms with Crippen LogP contribution in [-0.2, 0) is 0 Å². The molecule has 94 valence electrons. The number of rotatable bonds is 2. The van der Waals surface area contributed by atoms with Crippen LogP contribution in [0.1, 0.15) is 32.7 Å².